The van der Waals surface area contributed by atoms with E-state index in [-0.39, 0.29) is 5.56 Å². The van der Waals surface area contributed by atoms with Crippen LogP contribution in [0.25, 0.3) is 10.2 Å². The number of halogens is 1. The summed E-state index contributed by atoms with van der Waals surface area (Å²) in [4.78, 5) is 16.1. The minimum Gasteiger partial charge on any atom is -0.374 e. The molecule has 0 aliphatic carbocycles. The van der Waals surface area contributed by atoms with Crippen molar-refractivity contribution < 1.29 is 4.74 Å². The Bertz CT molecular complexity index is 534. The molecule has 0 spiro atoms. The molecule has 0 bridgehead atoms. The zero-order valence-corrected chi connectivity index (χ0v) is 10.5. The molecule has 2 aromatic rings. The van der Waals surface area contributed by atoms with E-state index in [1.807, 2.05) is 18.4 Å². The Morgan fingerprint density at radius 3 is 3.20 bits per heavy atom. The highest BCUT2D eigenvalue weighted by Crippen LogP contribution is 2.16. The minimum absolute atomic E-state index is 0.0790. The van der Waals surface area contributed by atoms with Crippen LogP contribution in [0.4, 0.5) is 0 Å². The van der Waals surface area contributed by atoms with Gasteiger partial charge in [0.05, 0.1) is 21.7 Å². The second-order valence-electron chi connectivity index (χ2n) is 2.89. The molecule has 0 atom stereocenters. The molecule has 6 heteroatoms. The van der Waals surface area contributed by atoms with Crippen LogP contribution < -0.4 is 5.56 Å². The third-order valence-electron chi connectivity index (χ3n) is 1.93. The normalized spacial score (nSPS) is 11.1. The SMILES string of the molecule is CCOCc1nc2ccsc2c(=O)n1Br. The lowest BCUT2D eigenvalue weighted by molar-refractivity contribution is 0.128. The quantitative estimate of drug-likeness (QED) is 0.869. The maximum Gasteiger partial charge on any atom is 0.281 e. The lowest BCUT2D eigenvalue weighted by atomic mass is 10.4. The Kier molecular flexibility index (Phi) is 3.18. The number of thiophene rings is 1. The van der Waals surface area contributed by atoms with Gasteiger partial charge in [-0.2, -0.15) is 0 Å². The first-order valence-corrected chi connectivity index (χ1v) is 6.06. The molecule has 2 rings (SSSR count). The number of hydrogen-bond donors (Lipinski definition) is 0. The van der Waals surface area contributed by atoms with Crippen molar-refractivity contribution in [3.63, 3.8) is 0 Å². The number of ether oxygens (including phenoxy) is 1. The van der Waals surface area contributed by atoms with E-state index in [0.717, 1.165) is 5.52 Å². The van der Waals surface area contributed by atoms with E-state index < -0.39 is 0 Å². The van der Waals surface area contributed by atoms with Crippen molar-refractivity contribution in [2.75, 3.05) is 6.61 Å². The maximum absolute atomic E-state index is 11.8. The van der Waals surface area contributed by atoms with Gasteiger partial charge in [-0.3, -0.25) is 4.79 Å². The van der Waals surface area contributed by atoms with Gasteiger partial charge in [0, 0.05) is 6.61 Å². The van der Waals surface area contributed by atoms with Gasteiger partial charge in [0.2, 0.25) is 0 Å². The van der Waals surface area contributed by atoms with Gasteiger partial charge in [0.25, 0.3) is 5.56 Å². The average Bonchev–Trinajstić information content (AvgIpc) is 2.69. The minimum atomic E-state index is -0.0790. The number of rotatable bonds is 3. The Labute approximate surface area is 98.9 Å². The van der Waals surface area contributed by atoms with Crippen LogP contribution >= 0.6 is 27.5 Å². The molecule has 0 saturated heterocycles. The fraction of sp³-hybridized carbons (Fsp3) is 0.333. The molecule has 0 aliphatic rings. The molecule has 0 amide bonds. The van der Waals surface area contributed by atoms with Crippen LogP contribution in [0, 0.1) is 0 Å². The van der Waals surface area contributed by atoms with Crippen LogP contribution in [0.5, 0.6) is 0 Å². The van der Waals surface area contributed by atoms with E-state index in [1.54, 1.807) is 0 Å². The summed E-state index contributed by atoms with van der Waals surface area (Å²) >= 11 is 4.58. The van der Waals surface area contributed by atoms with Gasteiger partial charge in [0.1, 0.15) is 17.1 Å². The molecule has 0 fully saturated rings. The van der Waals surface area contributed by atoms with Gasteiger partial charge >= 0.3 is 0 Å². The van der Waals surface area contributed by atoms with E-state index in [1.165, 1.54) is 14.9 Å². The Balaban J connectivity index is 2.55. The Morgan fingerprint density at radius 1 is 1.67 bits per heavy atom. The number of fused-ring (bicyclic) bond motifs is 1. The van der Waals surface area contributed by atoms with Crippen LogP contribution in [0.1, 0.15) is 12.7 Å². The zero-order chi connectivity index (χ0) is 10.8. The maximum atomic E-state index is 11.8. The molecule has 2 aromatic heterocycles. The molecule has 0 N–H and O–H groups in total. The summed E-state index contributed by atoms with van der Waals surface area (Å²) in [6.45, 7) is 2.84. The highest BCUT2D eigenvalue weighted by Gasteiger charge is 2.09. The summed E-state index contributed by atoms with van der Waals surface area (Å²) in [5.74, 6) is 0.591. The van der Waals surface area contributed by atoms with Crippen molar-refractivity contribution >= 4 is 37.7 Å². The van der Waals surface area contributed by atoms with E-state index in [4.69, 9.17) is 4.74 Å². The largest absolute Gasteiger partial charge is 0.374 e. The zero-order valence-electron chi connectivity index (χ0n) is 8.07. The molecule has 0 radical (unpaired) electrons. The molecule has 80 valence electrons. The van der Waals surface area contributed by atoms with Gasteiger partial charge < -0.3 is 4.74 Å². The predicted molar refractivity (Wildman–Crippen MR) is 63.5 cm³/mol. The number of nitrogens with zero attached hydrogens (tertiary/aromatic N) is 2. The lowest BCUT2D eigenvalue weighted by Gasteiger charge is -2.04. The van der Waals surface area contributed by atoms with Crippen molar-refractivity contribution in [2.45, 2.75) is 13.5 Å². The van der Waals surface area contributed by atoms with Crippen molar-refractivity contribution in [1.82, 2.24) is 8.58 Å². The molecular weight excluding hydrogens is 280 g/mol. The molecular formula is C9H9BrN2O2S. The second kappa shape index (κ2) is 4.42. The van der Waals surface area contributed by atoms with Crippen molar-refractivity contribution in [3.8, 4) is 0 Å². The van der Waals surface area contributed by atoms with E-state index in [2.05, 4.69) is 21.1 Å². The summed E-state index contributed by atoms with van der Waals surface area (Å²) in [6, 6.07) is 1.84. The van der Waals surface area contributed by atoms with Crippen LogP contribution in [0.3, 0.4) is 0 Å². The first kappa shape index (κ1) is 10.8. The Morgan fingerprint density at radius 2 is 2.47 bits per heavy atom. The molecule has 0 unspecified atom stereocenters. The first-order valence-electron chi connectivity index (χ1n) is 4.47. The summed E-state index contributed by atoms with van der Waals surface area (Å²) < 4.78 is 7.25. The molecule has 0 saturated carbocycles. The second-order valence-corrected chi connectivity index (χ2v) is 4.51. The van der Waals surface area contributed by atoms with Gasteiger partial charge in [-0.05, 0) is 18.4 Å². The first-order chi connectivity index (χ1) is 7.24. The Hall–Kier alpha value is -0.720. The summed E-state index contributed by atoms with van der Waals surface area (Å²) in [5, 5.41) is 1.86. The summed E-state index contributed by atoms with van der Waals surface area (Å²) in [5.41, 5.74) is 0.653. The van der Waals surface area contributed by atoms with Crippen molar-refractivity contribution in [2.24, 2.45) is 0 Å². The van der Waals surface area contributed by atoms with Crippen LogP contribution in [0.2, 0.25) is 0 Å². The van der Waals surface area contributed by atoms with Crippen LogP contribution in [-0.2, 0) is 11.3 Å². The smallest absolute Gasteiger partial charge is 0.281 e. The number of hydrogen-bond acceptors (Lipinski definition) is 4. The predicted octanol–water partition coefficient (Wildman–Crippen LogP) is 2.15. The van der Waals surface area contributed by atoms with Gasteiger partial charge in [0.15, 0.2) is 0 Å². The summed E-state index contributed by atoms with van der Waals surface area (Å²) in [7, 11) is 0. The summed E-state index contributed by atoms with van der Waals surface area (Å²) in [6.07, 6.45) is 0. The molecule has 2 heterocycles. The molecule has 0 aromatic carbocycles. The van der Waals surface area contributed by atoms with Gasteiger partial charge in [-0.1, -0.05) is 0 Å². The van der Waals surface area contributed by atoms with Gasteiger partial charge in [-0.15, -0.1) is 11.3 Å². The fourth-order valence-electron chi connectivity index (χ4n) is 1.22. The monoisotopic (exact) mass is 288 g/mol. The average molecular weight is 289 g/mol. The van der Waals surface area contributed by atoms with E-state index >= 15 is 0 Å². The van der Waals surface area contributed by atoms with Gasteiger partial charge in [-0.25, -0.2) is 8.58 Å². The topological polar surface area (TPSA) is 44.1 Å². The van der Waals surface area contributed by atoms with E-state index in [0.29, 0.717) is 23.7 Å². The molecule has 4 nitrogen and oxygen atoms in total. The third-order valence-corrected chi connectivity index (χ3v) is 3.55. The standard InChI is InChI=1S/C9H9BrN2O2S/c1-2-14-5-7-11-6-3-4-15-8(6)9(13)12(7)10/h3-4H,2,5H2,1H3. The third kappa shape index (κ3) is 1.97. The lowest BCUT2D eigenvalue weighted by Crippen LogP contribution is -2.18. The van der Waals surface area contributed by atoms with Crippen LogP contribution in [0.15, 0.2) is 16.2 Å². The van der Waals surface area contributed by atoms with Crippen molar-refractivity contribution in [3.05, 3.63) is 27.6 Å². The fourth-order valence-corrected chi connectivity index (χ4v) is 2.46. The molecule has 15 heavy (non-hydrogen) atoms. The highest BCUT2D eigenvalue weighted by atomic mass is 79.9. The van der Waals surface area contributed by atoms with Crippen molar-refractivity contribution in [1.29, 1.82) is 0 Å². The highest BCUT2D eigenvalue weighted by molar-refractivity contribution is 9.08. The van der Waals surface area contributed by atoms with Crippen LogP contribution in [-0.4, -0.2) is 15.2 Å². The van der Waals surface area contributed by atoms with E-state index in [9.17, 15) is 4.79 Å². The number of aromatic nitrogens is 2. The molecule has 0 aliphatic heterocycles.